The molecule has 11 heteroatoms. The average molecular weight is 534 g/mol. The molecule has 1 N–H and O–H groups in total. The van der Waals surface area contributed by atoms with Crippen molar-refractivity contribution in [1.82, 2.24) is 4.57 Å². The second kappa shape index (κ2) is 9.96. The fraction of sp³-hybridized carbons (Fsp3) is 0.115. The van der Waals surface area contributed by atoms with Gasteiger partial charge in [0.15, 0.2) is 4.80 Å². The van der Waals surface area contributed by atoms with Crippen LogP contribution < -0.4 is 14.9 Å². The molecule has 1 unspecified atom stereocenters. The van der Waals surface area contributed by atoms with Gasteiger partial charge in [0.2, 0.25) is 0 Å². The summed E-state index contributed by atoms with van der Waals surface area (Å²) in [6, 6.07) is 15.7. The van der Waals surface area contributed by atoms with Gasteiger partial charge < -0.3 is 9.84 Å². The van der Waals surface area contributed by atoms with Gasteiger partial charge in [-0.25, -0.2) is 9.79 Å². The molecule has 0 fully saturated rings. The molecule has 0 amide bonds. The first-order valence-electron chi connectivity index (χ1n) is 11.2. The highest BCUT2D eigenvalue weighted by Crippen LogP contribution is 2.36. The van der Waals surface area contributed by atoms with Gasteiger partial charge >= 0.3 is 5.97 Å². The molecule has 1 aliphatic rings. The number of non-ortho nitro benzene ring substituents is 1. The lowest BCUT2D eigenvalue weighted by atomic mass is 9.97. The van der Waals surface area contributed by atoms with E-state index in [1.54, 1.807) is 6.92 Å². The zero-order valence-electron chi connectivity index (χ0n) is 19.4. The third-order valence-corrected chi connectivity index (χ3v) is 7.60. The van der Waals surface area contributed by atoms with Gasteiger partial charge in [-0.3, -0.25) is 19.5 Å². The van der Waals surface area contributed by atoms with E-state index < -0.39 is 22.5 Å². The predicted molar refractivity (Wildman–Crippen MR) is 140 cm³/mol. The number of aromatic hydroxyl groups is 1. The molecule has 0 radical (unpaired) electrons. The van der Waals surface area contributed by atoms with Crippen molar-refractivity contribution in [3.8, 4) is 5.75 Å². The molecule has 0 aliphatic carbocycles. The number of esters is 1. The van der Waals surface area contributed by atoms with Crippen LogP contribution in [0.3, 0.4) is 0 Å². The second-order valence-electron chi connectivity index (χ2n) is 7.95. The summed E-state index contributed by atoms with van der Waals surface area (Å²) in [5.41, 5.74) is 0.809. The molecule has 1 aliphatic heterocycles. The van der Waals surface area contributed by atoms with E-state index in [-0.39, 0.29) is 33.7 Å². The van der Waals surface area contributed by atoms with E-state index in [1.807, 2.05) is 47.8 Å². The Morgan fingerprint density at radius 3 is 2.68 bits per heavy atom. The fourth-order valence-electron chi connectivity index (χ4n) is 4.07. The number of nitro groups is 1. The number of phenols is 1. The molecule has 2 aromatic heterocycles. The molecule has 1 atom stereocenters. The maximum absolute atomic E-state index is 13.7. The fourth-order valence-corrected chi connectivity index (χ4v) is 5.88. The van der Waals surface area contributed by atoms with Gasteiger partial charge in [0.25, 0.3) is 11.2 Å². The Morgan fingerprint density at radius 1 is 1.22 bits per heavy atom. The molecule has 4 aromatic rings. The number of nitro benzene ring substituents is 1. The molecule has 3 heterocycles. The molecule has 0 bridgehead atoms. The molecular formula is C26H19N3O6S2. The largest absolute Gasteiger partial charge is 0.507 e. The first-order valence-corrected chi connectivity index (χ1v) is 12.9. The van der Waals surface area contributed by atoms with Gasteiger partial charge in [0.1, 0.15) is 11.8 Å². The van der Waals surface area contributed by atoms with E-state index in [0.717, 1.165) is 16.2 Å². The van der Waals surface area contributed by atoms with Gasteiger partial charge in [-0.1, -0.05) is 47.7 Å². The lowest BCUT2D eigenvalue weighted by Crippen LogP contribution is -2.39. The summed E-state index contributed by atoms with van der Waals surface area (Å²) in [6.07, 6.45) is 1.40. The number of thiophene rings is 1. The lowest BCUT2D eigenvalue weighted by Gasteiger charge is -2.24. The number of thiazole rings is 1. The van der Waals surface area contributed by atoms with Gasteiger partial charge in [-0.05, 0) is 30.5 Å². The zero-order chi connectivity index (χ0) is 26.1. The highest BCUT2D eigenvalue weighted by atomic mass is 32.1. The third kappa shape index (κ3) is 4.50. The second-order valence-corrected chi connectivity index (χ2v) is 9.94. The molecule has 186 valence electrons. The van der Waals surface area contributed by atoms with Crippen molar-refractivity contribution in [1.29, 1.82) is 0 Å². The van der Waals surface area contributed by atoms with Crippen LogP contribution in [0.25, 0.3) is 11.8 Å². The summed E-state index contributed by atoms with van der Waals surface area (Å²) in [5.74, 6) is -0.780. The van der Waals surface area contributed by atoms with E-state index >= 15 is 0 Å². The Labute approximate surface area is 217 Å². The summed E-state index contributed by atoms with van der Waals surface area (Å²) in [6.45, 7) is 1.86. The SMILES string of the molecule is CCOC(=O)C1=C(c2ccccc2)N=c2s/c(=C/c3cc([N+](=O)[O-])ccc3O)c(=O)n2C1c1cccs1. The summed E-state index contributed by atoms with van der Waals surface area (Å²) < 4.78 is 7.04. The Morgan fingerprint density at radius 2 is 2.00 bits per heavy atom. The van der Waals surface area contributed by atoms with Crippen molar-refractivity contribution in [3.63, 3.8) is 0 Å². The van der Waals surface area contributed by atoms with Crippen molar-refractivity contribution in [2.24, 2.45) is 4.99 Å². The molecule has 9 nitrogen and oxygen atoms in total. The minimum absolute atomic E-state index is 0.125. The molecule has 0 spiro atoms. The summed E-state index contributed by atoms with van der Waals surface area (Å²) in [5, 5.41) is 23.4. The number of rotatable bonds is 6. The van der Waals surface area contributed by atoms with Crippen molar-refractivity contribution >= 4 is 46.1 Å². The molecular weight excluding hydrogens is 514 g/mol. The van der Waals surface area contributed by atoms with Crippen LogP contribution in [0.15, 0.2) is 81.4 Å². The van der Waals surface area contributed by atoms with Crippen LogP contribution in [-0.2, 0) is 9.53 Å². The van der Waals surface area contributed by atoms with Crippen LogP contribution in [0.1, 0.15) is 29.0 Å². The first-order chi connectivity index (χ1) is 17.9. The topological polar surface area (TPSA) is 124 Å². The van der Waals surface area contributed by atoms with Crippen LogP contribution in [-0.4, -0.2) is 27.2 Å². The average Bonchev–Trinajstić information content (AvgIpc) is 3.53. The van der Waals surface area contributed by atoms with E-state index in [0.29, 0.717) is 16.1 Å². The van der Waals surface area contributed by atoms with Crippen molar-refractivity contribution < 1.29 is 19.6 Å². The monoisotopic (exact) mass is 533 g/mol. The predicted octanol–water partition coefficient (Wildman–Crippen LogP) is 3.61. The third-order valence-electron chi connectivity index (χ3n) is 5.69. The van der Waals surface area contributed by atoms with Crippen LogP contribution in [0.2, 0.25) is 0 Å². The highest BCUT2D eigenvalue weighted by molar-refractivity contribution is 7.10. The molecule has 2 aromatic carbocycles. The van der Waals surface area contributed by atoms with Crippen LogP contribution >= 0.6 is 22.7 Å². The van der Waals surface area contributed by atoms with Crippen molar-refractivity contribution in [2.75, 3.05) is 6.61 Å². The van der Waals surface area contributed by atoms with E-state index in [2.05, 4.69) is 0 Å². The van der Waals surface area contributed by atoms with E-state index in [9.17, 15) is 24.8 Å². The Hall–Kier alpha value is -4.35. The number of hydrogen-bond donors (Lipinski definition) is 1. The first kappa shape index (κ1) is 24.3. The van der Waals surface area contributed by atoms with Crippen molar-refractivity contribution in [2.45, 2.75) is 13.0 Å². The van der Waals surface area contributed by atoms with Gasteiger partial charge in [0.05, 0.1) is 27.3 Å². The smallest absolute Gasteiger partial charge is 0.338 e. The summed E-state index contributed by atoms with van der Waals surface area (Å²) >= 11 is 2.47. The maximum atomic E-state index is 13.7. The molecule has 5 rings (SSSR count). The van der Waals surface area contributed by atoms with Crippen LogP contribution in [0.4, 0.5) is 5.69 Å². The minimum Gasteiger partial charge on any atom is -0.507 e. The summed E-state index contributed by atoms with van der Waals surface area (Å²) in [7, 11) is 0. The zero-order valence-corrected chi connectivity index (χ0v) is 21.0. The Kier molecular flexibility index (Phi) is 6.55. The number of fused-ring (bicyclic) bond motifs is 1. The number of nitrogens with zero attached hydrogens (tertiary/aromatic N) is 3. The quantitative estimate of drug-likeness (QED) is 0.229. The number of hydrogen-bond acceptors (Lipinski definition) is 9. The minimum atomic E-state index is -0.786. The number of carbonyl (C=O) groups excluding carboxylic acids is 1. The van der Waals surface area contributed by atoms with Crippen LogP contribution in [0.5, 0.6) is 5.75 Å². The van der Waals surface area contributed by atoms with Crippen molar-refractivity contribution in [3.05, 3.63) is 117 Å². The normalized spacial score (nSPS) is 15.3. The van der Waals surface area contributed by atoms with Gasteiger partial charge in [-0.2, -0.15) is 0 Å². The Bertz CT molecular complexity index is 1720. The summed E-state index contributed by atoms with van der Waals surface area (Å²) in [4.78, 5) is 43.5. The number of phenolic OH excluding ortho intramolecular Hbond substituents is 1. The maximum Gasteiger partial charge on any atom is 0.338 e. The highest BCUT2D eigenvalue weighted by Gasteiger charge is 2.35. The lowest BCUT2D eigenvalue weighted by molar-refractivity contribution is -0.384. The Balaban J connectivity index is 1.81. The van der Waals surface area contributed by atoms with E-state index in [1.165, 1.54) is 40.2 Å². The van der Waals surface area contributed by atoms with E-state index in [4.69, 9.17) is 9.73 Å². The van der Waals surface area contributed by atoms with Gasteiger partial charge in [-0.15, -0.1) is 11.3 Å². The number of carbonyl (C=O) groups is 1. The standard InChI is InChI=1S/C26H19N3O6S2/c1-2-35-25(32)21-22(15-7-4-3-5-8-15)27-26-28(23(21)19-9-6-12-36-19)24(31)20(37-26)14-16-13-17(29(33)34)10-11-18(16)30/h3-14,23,30H,2H2,1H3/b20-14+. The number of benzene rings is 2. The molecule has 0 saturated carbocycles. The van der Waals surface area contributed by atoms with Crippen LogP contribution in [0, 0.1) is 10.1 Å². The van der Waals surface area contributed by atoms with Gasteiger partial charge in [0, 0.05) is 28.1 Å². The molecule has 0 saturated heterocycles. The number of aromatic nitrogens is 1. The number of ether oxygens (including phenoxy) is 1. The molecule has 37 heavy (non-hydrogen) atoms.